The van der Waals surface area contributed by atoms with Crippen molar-refractivity contribution in [1.82, 2.24) is 5.01 Å². The Bertz CT molecular complexity index is 624. The molecule has 20 heavy (non-hydrogen) atoms. The fourth-order valence-electron chi connectivity index (χ4n) is 2.29. The molecule has 0 aliphatic carbocycles. The smallest absolute Gasteiger partial charge is 0.274 e. The number of carbonyl (C=O) groups excluding carboxylic acids is 2. The van der Waals surface area contributed by atoms with E-state index in [-0.39, 0.29) is 18.4 Å². The number of ether oxygens (including phenoxy) is 1. The van der Waals surface area contributed by atoms with E-state index in [1.807, 2.05) is 13.8 Å². The lowest BCUT2D eigenvalue weighted by molar-refractivity contribution is -0.118. The van der Waals surface area contributed by atoms with Crippen molar-refractivity contribution in [1.29, 1.82) is 0 Å². The number of hydrogen-bond acceptors (Lipinski definition) is 4. The quantitative estimate of drug-likeness (QED) is 0.847. The average Bonchev–Trinajstić information content (AvgIpc) is 2.76. The van der Waals surface area contributed by atoms with Crippen LogP contribution in [0.4, 0.5) is 5.69 Å². The summed E-state index contributed by atoms with van der Waals surface area (Å²) in [6.07, 6.45) is 0.705. The highest BCUT2D eigenvalue weighted by Crippen LogP contribution is 2.30. The summed E-state index contributed by atoms with van der Waals surface area (Å²) in [5, 5.41) is 8.31. The zero-order valence-corrected chi connectivity index (χ0v) is 11.3. The first-order chi connectivity index (χ1) is 9.54. The fourth-order valence-corrected chi connectivity index (χ4v) is 2.29. The summed E-state index contributed by atoms with van der Waals surface area (Å²) in [7, 11) is 0. The summed E-state index contributed by atoms with van der Waals surface area (Å²) in [5.74, 6) is 0.143. The number of hydrazone groups is 1. The molecule has 2 aliphatic rings. The number of nitrogens with zero attached hydrogens (tertiary/aromatic N) is 2. The highest BCUT2D eigenvalue weighted by molar-refractivity contribution is 6.01. The highest BCUT2D eigenvalue weighted by atomic mass is 16.5. The monoisotopic (exact) mass is 272 g/mol. The third kappa shape index (κ3) is 2.13. The van der Waals surface area contributed by atoms with E-state index in [0.29, 0.717) is 23.4 Å². The Kier molecular flexibility index (Phi) is 2.93. The van der Waals surface area contributed by atoms with Crippen molar-refractivity contribution in [2.45, 2.75) is 20.3 Å². The SMILES string of the molecule is C[C]1CC(C)=NN1C(=O)c1ccc2c(c1)NC(=O)CO2. The van der Waals surface area contributed by atoms with Crippen molar-refractivity contribution in [3.05, 3.63) is 29.8 Å². The second-order valence-corrected chi connectivity index (χ2v) is 4.91. The Morgan fingerprint density at radius 2 is 2.20 bits per heavy atom. The van der Waals surface area contributed by atoms with Gasteiger partial charge in [0.1, 0.15) is 5.75 Å². The molecule has 3 rings (SSSR count). The van der Waals surface area contributed by atoms with Gasteiger partial charge >= 0.3 is 0 Å². The molecule has 1 radical (unpaired) electrons. The molecule has 0 saturated carbocycles. The van der Waals surface area contributed by atoms with Gasteiger partial charge in [0, 0.05) is 17.7 Å². The van der Waals surface area contributed by atoms with Crippen LogP contribution < -0.4 is 10.1 Å². The van der Waals surface area contributed by atoms with Gasteiger partial charge in [-0.05, 0) is 32.0 Å². The topological polar surface area (TPSA) is 71.0 Å². The summed E-state index contributed by atoms with van der Waals surface area (Å²) < 4.78 is 5.26. The van der Waals surface area contributed by atoms with E-state index in [1.54, 1.807) is 18.2 Å². The van der Waals surface area contributed by atoms with Gasteiger partial charge in [0.25, 0.3) is 11.8 Å². The molecule has 0 unspecified atom stereocenters. The Morgan fingerprint density at radius 3 is 2.90 bits per heavy atom. The van der Waals surface area contributed by atoms with Crippen LogP contribution in [0.3, 0.4) is 0 Å². The van der Waals surface area contributed by atoms with E-state index >= 15 is 0 Å². The summed E-state index contributed by atoms with van der Waals surface area (Å²) in [4.78, 5) is 23.7. The predicted molar refractivity (Wildman–Crippen MR) is 73.4 cm³/mol. The summed E-state index contributed by atoms with van der Waals surface area (Å²) in [6, 6.07) is 5.87. The Labute approximate surface area is 116 Å². The molecule has 0 aromatic heterocycles. The lowest BCUT2D eigenvalue weighted by atomic mass is 10.1. The van der Waals surface area contributed by atoms with E-state index in [9.17, 15) is 9.59 Å². The summed E-state index contributed by atoms with van der Waals surface area (Å²) in [5.41, 5.74) is 1.89. The van der Waals surface area contributed by atoms with Gasteiger partial charge in [0.2, 0.25) is 0 Å². The van der Waals surface area contributed by atoms with Gasteiger partial charge in [0.15, 0.2) is 6.61 Å². The van der Waals surface area contributed by atoms with Crippen LogP contribution in [0.1, 0.15) is 30.6 Å². The minimum atomic E-state index is -0.222. The van der Waals surface area contributed by atoms with Crippen molar-refractivity contribution >= 4 is 23.2 Å². The van der Waals surface area contributed by atoms with E-state index in [1.165, 1.54) is 5.01 Å². The van der Waals surface area contributed by atoms with Crippen LogP contribution in [0.5, 0.6) is 5.75 Å². The fraction of sp³-hybridized carbons (Fsp3) is 0.286. The molecule has 2 aliphatic heterocycles. The molecular weight excluding hydrogens is 258 g/mol. The van der Waals surface area contributed by atoms with Crippen molar-refractivity contribution in [3.8, 4) is 5.75 Å². The van der Waals surface area contributed by atoms with Crippen molar-refractivity contribution in [2.75, 3.05) is 11.9 Å². The Hall–Kier alpha value is -2.37. The molecular formula is C14H14N3O3. The maximum Gasteiger partial charge on any atom is 0.274 e. The molecule has 6 nitrogen and oxygen atoms in total. The molecule has 2 amide bonds. The Balaban J connectivity index is 1.89. The second kappa shape index (κ2) is 4.63. The van der Waals surface area contributed by atoms with Crippen LogP contribution in [-0.2, 0) is 4.79 Å². The normalized spacial score (nSPS) is 18.2. The molecule has 1 aromatic rings. The molecule has 0 atom stereocenters. The molecule has 0 fully saturated rings. The predicted octanol–water partition coefficient (Wildman–Crippen LogP) is 1.79. The van der Waals surface area contributed by atoms with E-state index in [4.69, 9.17) is 4.74 Å². The van der Waals surface area contributed by atoms with Crippen LogP contribution >= 0.6 is 0 Å². The minimum absolute atomic E-state index is 0.00277. The first-order valence-corrected chi connectivity index (χ1v) is 6.32. The van der Waals surface area contributed by atoms with Crippen LogP contribution in [0, 0.1) is 6.04 Å². The van der Waals surface area contributed by atoms with Gasteiger partial charge in [-0.25, -0.2) is 5.01 Å². The number of fused-ring (bicyclic) bond motifs is 1. The molecule has 103 valence electrons. The minimum Gasteiger partial charge on any atom is -0.482 e. The lowest BCUT2D eigenvalue weighted by Crippen LogP contribution is -2.27. The average molecular weight is 272 g/mol. The molecule has 0 bridgehead atoms. The van der Waals surface area contributed by atoms with Gasteiger partial charge in [0.05, 0.1) is 11.7 Å². The summed E-state index contributed by atoms with van der Waals surface area (Å²) in [6.45, 7) is 3.77. The van der Waals surface area contributed by atoms with E-state index in [0.717, 1.165) is 11.8 Å². The first-order valence-electron chi connectivity index (χ1n) is 6.32. The molecule has 0 saturated heterocycles. The molecule has 2 heterocycles. The second-order valence-electron chi connectivity index (χ2n) is 4.91. The van der Waals surface area contributed by atoms with Gasteiger partial charge in [-0.15, -0.1) is 0 Å². The zero-order chi connectivity index (χ0) is 14.3. The molecule has 1 aromatic carbocycles. The third-order valence-electron chi connectivity index (χ3n) is 3.20. The highest BCUT2D eigenvalue weighted by Gasteiger charge is 2.28. The van der Waals surface area contributed by atoms with Crippen LogP contribution in [0.2, 0.25) is 0 Å². The van der Waals surface area contributed by atoms with Gasteiger partial charge in [-0.1, -0.05) is 0 Å². The lowest BCUT2D eigenvalue weighted by Gasteiger charge is -2.20. The van der Waals surface area contributed by atoms with Gasteiger partial charge < -0.3 is 10.1 Å². The number of benzene rings is 1. The maximum atomic E-state index is 12.4. The number of amides is 2. The first kappa shape index (κ1) is 12.7. The van der Waals surface area contributed by atoms with Gasteiger partial charge in [-0.3, -0.25) is 9.59 Å². The molecule has 1 N–H and O–H groups in total. The van der Waals surface area contributed by atoms with Crippen molar-refractivity contribution in [3.63, 3.8) is 0 Å². The number of rotatable bonds is 1. The van der Waals surface area contributed by atoms with Crippen molar-refractivity contribution < 1.29 is 14.3 Å². The number of hydrogen-bond donors (Lipinski definition) is 1. The van der Waals surface area contributed by atoms with Crippen molar-refractivity contribution in [2.24, 2.45) is 5.10 Å². The van der Waals surface area contributed by atoms with Gasteiger partial charge in [-0.2, -0.15) is 5.10 Å². The zero-order valence-electron chi connectivity index (χ0n) is 11.3. The standard InChI is InChI=1S/C14H14N3O3/c1-8-5-9(2)17(16-8)14(19)10-3-4-12-11(6-10)15-13(18)7-20-12/h3-4,6H,5,7H2,1-2H3,(H,15,18). The largest absolute Gasteiger partial charge is 0.482 e. The third-order valence-corrected chi connectivity index (χ3v) is 3.20. The molecule has 6 heteroatoms. The summed E-state index contributed by atoms with van der Waals surface area (Å²) >= 11 is 0. The van der Waals surface area contributed by atoms with Crippen LogP contribution in [0.25, 0.3) is 0 Å². The van der Waals surface area contributed by atoms with E-state index < -0.39 is 0 Å². The van der Waals surface area contributed by atoms with E-state index in [2.05, 4.69) is 10.4 Å². The Morgan fingerprint density at radius 1 is 1.40 bits per heavy atom. The maximum absolute atomic E-state index is 12.4. The molecule has 0 spiro atoms. The number of nitrogens with one attached hydrogen (secondary N) is 1. The number of anilines is 1. The van der Waals surface area contributed by atoms with Crippen LogP contribution in [0.15, 0.2) is 23.3 Å². The number of carbonyl (C=O) groups is 2. The van der Waals surface area contributed by atoms with Crippen LogP contribution in [-0.4, -0.2) is 29.1 Å².